The van der Waals surface area contributed by atoms with Crippen LogP contribution in [0.5, 0.6) is 0 Å². The molecule has 1 fully saturated rings. The summed E-state index contributed by atoms with van der Waals surface area (Å²) in [6.07, 6.45) is 4.83. The van der Waals surface area contributed by atoms with E-state index in [1.807, 2.05) is 20.8 Å². The van der Waals surface area contributed by atoms with E-state index in [0.717, 1.165) is 24.8 Å². The number of aromatic nitrogens is 2. The highest BCUT2D eigenvalue weighted by Gasteiger charge is 2.28. The molecule has 2 aromatic rings. The Morgan fingerprint density at radius 2 is 1.86 bits per heavy atom. The maximum atomic E-state index is 13.5. The number of methoxy groups -OCH3 is 1. The van der Waals surface area contributed by atoms with Crippen molar-refractivity contribution in [3.63, 3.8) is 0 Å². The maximum Gasteiger partial charge on any atom is 0.306 e. The number of ether oxygens (including phenoxy) is 1. The molecule has 0 radical (unpaired) electrons. The summed E-state index contributed by atoms with van der Waals surface area (Å²) >= 11 is 6.51. The van der Waals surface area contributed by atoms with E-state index in [1.165, 1.54) is 5.56 Å². The van der Waals surface area contributed by atoms with Gasteiger partial charge in [0.15, 0.2) is 5.78 Å². The van der Waals surface area contributed by atoms with Crippen molar-refractivity contribution in [1.29, 1.82) is 0 Å². The van der Waals surface area contributed by atoms with Crippen LogP contribution in [0.25, 0.3) is 0 Å². The lowest BCUT2D eigenvalue weighted by Gasteiger charge is -2.25. The molecule has 0 amide bonds. The van der Waals surface area contributed by atoms with Gasteiger partial charge in [-0.25, -0.2) is 4.98 Å². The minimum atomic E-state index is -0.714. The number of carboxylic acid groups (broad SMARTS) is 1. The molecule has 1 aromatic heterocycles. The van der Waals surface area contributed by atoms with E-state index >= 15 is 0 Å². The van der Waals surface area contributed by atoms with E-state index < -0.39 is 11.6 Å². The van der Waals surface area contributed by atoms with E-state index in [0.29, 0.717) is 49.5 Å². The number of ketones is 1. The predicted molar refractivity (Wildman–Crippen MR) is 137 cm³/mol. The fraction of sp³-hybridized carbons (Fsp3) is 0.536. The average molecular weight is 499 g/mol. The first kappa shape index (κ1) is 27.0. The summed E-state index contributed by atoms with van der Waals surface area (Å²) in [6.45, 7) is 6.28. The number of imidazole rings is 1. The van der Waals surface area contributed by atoms with Gasteiger partial charge in [-0.15, -0.1) is 0 Å². The Morgan fingerprint density at radius 1 is 1.20 bits per heavy atom. The van der Waals surface area contributed by atoms with Crippen molar-refractivity contribution in [2.75, 3.05) is 7.11 Å². The molecule has 1 heterocycles. The number of carboxylic acids is 1. The molecule has 7 heteroatoms. The second kappa shape index (κ2) is 11.9. The van der Waals surface area contributed by atoms with Crippen molar-refractivity contribution in [2.24, 2.45) is 11.8 Å². The molecule has 1 aliphatic rings. The Hall–Kier alpha value is -2.62. The van der Waals surface area contributed by atoms with Crippen LogP contribution in [-0.4, -0.2) is 39.1 Å². The van der Waals surface area contributed by atoms with Gasteiger partial charge in [0.05, 0.1) is 5.92 Å². The number of aliphatic carboxylic acids is 1. The molecular weight excluding hydrogens is 464 g/mol. The minimum absolute atomic E-state index is 0.0341. The van der Waals surface area contributed by atoms with Crippen LogP contribution in [0, 0.1) is 30.6 Å². The lowest BCUT2D eigenvalue weighted by molar-refractivity contribution is -0.143. The van der Waals surface area contributed by atoms with Gasteiger partial charge in [-0.05, 0) is 88.3 Å². The number of aryl methyl sites for hydroxylation is 2. The molecule has 0 spiro atoms. The number of rotatable bonds is 9. The van der Waals surface area contributed by atoms with Crippen LogP contribution in [0.4, 0.5) is 0 Å². The van der Waals surface area contributed by atoms with Gasteiger partial charge in [-0.3, -0.25) is 9.59 Å². The zero-order valence-corrected chi connectivity index (χ0v) is 21.8. The van der Waals surface area contributed by atoms with Gasteiger partial charge >= 0.3 is 5.97 Å². The quantitative estimate of drug-likeness (QED) is 0.353. The molecular formula is C28H35ClN2O4. The Labute approximate surface area is 213 Å². The second-order valence-electron chi connectivity index (χ2n) is 9.95. The fourth-order valence-corrected chi connectivity index (χ4v) is 4.66. The van der Waals surface area contributed by atoms with Crippen LogP contribution >= 0.6 is 11.6 Å². The molecule has 35 heavy (non-hydrogen) atoms. The molecule has 1 saturated carbocycles. The summed E-state index contributed by atoms with van der Waals surface area (Å²) < 4.78 is 7.17. The van der Waals surface area contributed by atoms with Gasteiger partial charge in [0.2, 0.25) is 5.28 Å². The highest BCUT2D eigenvalue weighted by molar-refractivity contribution is 6.29. The number of carbonyl (C=O) groups is 2. The summed E-state index contributed by atoms with van der Waals surface area (Å²) in [7, 11) is 1.59. The Balaban J connectivity index is 1.79. The van der Waals surface area contributed by atoms with Crippen molar-refractivity contribution < 1.29 is 19.4 Å². The molecule has 0 unspecified atom stereocenters. The van der Waals surface area contributed by atoms with Crippen molar-refractivity contribution in [2.45, 2.75) is 77.9 Å². The van der Waals surface area contributed by atoms with E-state index in [2.05, 4.69) is 41.1 Å². The molecule has 3 rings (SSSR count). The number of benzene rings is 1. The van der Waals surface area contributed by atoms with Gasteiger partial charge in [0, 0.05) is 20.1 Å². The maximum absolute atomic E-state index is 13.5. The summed E-state index contributed by atoms with van der Waals surface area (Å²) in [4.78, 5) is 29.1. The summed E-state index contributed by atoms with van der Waals surface area (Å²) in [5.74, 6) is 5.43. The van der Waals surface area contributed by atoms with E-state index in [1.54, 1.807) is 11.7 Å². The lowest BCUT2D eigenvalue weighted by Crippen LogP contribution is -2.22. The molecule has 188 valence electrons. The number of carbonyl (C=O) groups excluding carboxylic acids is 1. The Bertz CT molecular complexity index is 1100. The van der Waals surface area contributed by atoms with Crippen LogP contribution in [0.3, 0.4) is 0 Å². The van der Waals surface area contributed by atoms with Crippen molar-refractivity contribution in [3.8, 4) is 11.8 Å². The SMILES string of the molecule is COC(C)(C)C#Cc1nc(Cl)n(CCc2ccc(C)cc2)c1C(=O)CCC1CCC(C(=O)O)CC1. The molecule has 1 aromatic carbocycles. The number of nitrogens with zero attached hydrogens (tertiary/aromatic N) is 2. The third kappa shape index (κ3) is 7.43. The summed E-state index contributed by atoms with van der Waals surface area (Å²) in [5.41, 5.74) is 2.49. The van der Waals surface area contributed by atoms with Gasteiger partial charge in [-0.1, -0.05) is 35.7 Å². The first-order valence-corrected chi connectivity index (χ1v) is 12.6. The van der Waals surface area contributed by atoms with E-state index in [4.69, 9.17) is 16.3 Å². The van der Waals surface area contributed by atoms with Gasteiger partial charge in [0.25, 0.3) is 0 Å². The summed E-state index contributed by atoms with van der Waals surface area (Å²) in [6, 6.07) is 8.30. The van der Waals surface area contributed by atoms with Crippen LogP contribution in [-0.2, 0) is 22.5 Å². The summed E-state index contributed by atoms with van der Waals surface area (Å²) in [5, 5.41) is 9.48. The highest BCUT2D eigenvalue weighted by Crippen LogP contribution is 2.32. The molecule has 0 atom stereocenters. The fourth-order valence-electron chi connectivity index (χ4n) is 4.41. The average Bonchev–Trinajstić information content (AvgIpc) is 3.16. The van der Waals surface area contributed by atoms with Gasteiger partial charge in [0.1, 0.15) is 17.0 Å². The van der Waals surface area contributed by atoms with Crippen LogP contribution in [0.1, 0.15) is 79.7 Å². The number of Topliss-reactive ketones (excluding diaryl/α,β-unsaturated/α-hetero) is 1. The van der Waals surface area contributed by atoms with Crippen molar-refractivity contribution in [3.05, 3.63) is 52.1 Å². The molecule has 0 bridgehead atoms. The number of halogens is 1. The normalized spacial score (nSPS) is 18.1. The molecule has 0 aliphatic heterocycles. The predicted octanol–water partition coefficient (Wildman–Crippen LogP) is 5.72. The van der Waals surface area contributed by atoms with Crippen LogP contribution in [0.15, 0.2) is 24.3 Å². The third-order valence-corrected chi connectivity index (χ3v) is 7.19. The first-order chi connectivity index (χ1) is 16.6. The highest BCUT2D eigenvalue weighted by atomic mass is 35.5. The van der Waals surface area contributed by atoms with Crippen LogP contribution in [0.2, 0.25) is 5.28 Å². The Kier molecular flexibility index (Phi) is 9.15. The molecule has 6 nitrogen and oxygen atoms in total. The minimum Gasteiger partial charge on any atom is -0.481 e. The standard InChI is InChI=1S/C28H35ClN2O4/c1-19-5-7-21(8-6-19)16-18-31-25(23(30-27(31)29)15-17-28(2,3)35-4)24(32)14-11-20-9-12-22(13-10-20)26(33)34/h5-8,20,22H,9-14,16,18H2,1-4H3,(H,33,34). The van der Waals surface area contributed by atoms with Gasteiger partial charge < -0.3 is 14.4 Å². The van der Waals surface area contributed by atoms with E-state index in [-0.39, 0.29) is 17.0 Å². The smallest absolute Gasteiger partial charge is 0.306 e. The second-order valence-corrected chi connectivity index (χ2v) is 10.3. The zero-order chi connectivity index (χ0) is 25.6. The number of hydrogen-bond donors (Lipinski definition) is 1. The topological polar surface area (TPSA) is 81.4 Å². The number of hydrogen-bond acceptors (Lipinski definition) is 4. The molecule has 1 N–H and O–H groups in total. The first-order valence-electron chi connectivity index (χ1n) is 12.3. The largest absolute Gasteiger partial charge is 0.481 e. The molecule has 0 saturated heterocycles. The van der Waals surface area contributed by atoms with Crippen molar-refractivity contribution >= 4 is 23.4 Å². The van der Waals surface area contributed by atoms with Crippen molar-refractivity contribution in [1.82, 2.24) is 9.55 Å². The third-order valence-electron chi connectivity index (χ3n) is 6.90. The zero-order valence-electron chi connectivity index (χ0n) is 21.1. The monoisotopic (exact) mass is 498 g/mol. The molecule has 1 aliphatic carbocycles. The van der Waals surface area contributed by atoms with Crippen LogP contribution < -0.4 is 0 Å². The van der Waals surface area contributed by atoms with Gasteiger partial charge in [-0.2, -0.15) is 0 Å². The lowest BCUT2D eigenvalue weighted by atomic mass is 9.79. The van der Waals surface area contributed by atoms with E-state index in [9.17, 15) is 14.7 Å². The Morgan fingerprint density at radius 3 is 2.46 bits per heavy atom.